The van der Waals surface area contributed by atoms with Crippen molar-refractivity contribution in [1.29, 1.82) is 0 Å². The fourth-order valence-corrected chi connectivity index (χ4v) is 2.11. The predicted molar refractivity (Wildman–Crippen MR) is 53.5 cm³/mol. The highest BCUT2D eigenvalue weighted by atomic mass is 32.1. The van der Waals surface area contributed by atoms with Crippen molar-refractivity contribution in [3.63, 3.8) is 0 Å². The van der Waals surface area contributed by atoms with Crippen molar-refractivity contribution in [2.75, 3.05) is 0 Å². The van der Waals surface area contributed by atoms with Crippen LogP contribution in [0.1, 0.15) is 10.4 Å². The first-order valence-electron chi connectivity index (χ1n) is 3.99. The number of carboxylic acids is 1. The Morgan fingerprint density at radius 2 is 2.43 bits per heavy atom. The van der Waals surface area contributed by atoms with Crippen molar-refractivity contribution in [3.8, 4) is 10.6 Å². The van der Waals surface area contributed by atoms with Crippen molar-refractivity contribution in [3.05, 3.63) is 29.3 Å². The van der Waals surface area contributed by atoms with E-state index in [0.29, 0.717) is 5.69 Å². The molecule has 14 heavy (non-hydrogen) atoms. The minimum atomic E-state index is -0.943. The molecule has 0 unspecified atom stereocenters. The molecule has 0 aliphatic rings. The topological polar surface area (TPSA) is 55.1 Å². The number of nitrogens with zero attached hydrogens (tertiary/aromatic N) is 2. The minimum absolute atomic E-state index is 0.245. The Morgan fingerprint density at radius 3 is 3.00 bits per heavy atom. The molecule has 0 bridgehead atoms. The van der Waals surface area contributed by atoms with Crippen LogP contribution in [-0.2, 0) is 7.05 Å². The summed E-state index contributed by atoms with van der Waals surface area (Å²) in [6.07, 6.45) is 1.37. The van der Waals surface area contributed by atoms with Crippen molar-refractivity contribution < 1.29 is 9.90 Å². The summed E-state index contributed by atoms with van der Waals surface area (Å²) in [6, 6.07) is 3.77. The summed E-state index contributed by atoms with van der Waals surface area (Å²) in [7, 11) is 1.74. The summed E-state index contributed by atoms with van der Waals surface area (Å²) in [5, 5.41) is 14.8. The molecular weight excluding hydrogens is 200 g/mol. The number of carboxylic acid groups (broad SMARTS) is 1. The first kappa shape index (κ1) is 8.96. The third-order valence-electron chi connectivity index (χ3n) is 1.92. The predicted octanol–water partition coefficient (Wildman–Crippen LogP) is 1.85. The average Bonchev–Trinajstić information content (AvgIpc) is 2.71. The number of carbonyl (C=O) groups is 1. The third-order valence-corrected chi connectivity index (χ3v) is 2.80. The zero-order valence-corrected chi connectivity index (χ0v) is 8.28. The number of aromatic nitrogens is 2. The highest BCUT2D eigenvalue weighted by Gasteiger charge is 2.16. The highest BCUT2D eigenvalue weighted by Crippen LogP contribution is 2.27. The van der Waals surface area contributed by atoms with Gasteiger partial charge in [-0.05, 0) is 11.4 Å². The van der Waals surface area contributed by atoms with E-state index >= 15 is 0 Å². The van der Waals surface area contributed by atoms with Crippen molar-refractivity contribution >= 4 is 17.3 Å². The lowest BCUT2D eigenvalue weighted by molar-refractivity contribution is 0.0697. The Hall–Kier alpha value is -1.62. The molecule has 0 radical (unpaired) electrons. The van der Waals surface area contributed by atoms with Crippen LogP contribution in [0.3, 0.4) is 0 Å². The van der Waals surface area contributed by atoms with Crippen LogP contribution in [0.2, 0.25) is 0 Å². The van der Waals surface area contributed by atoms with E-state index in [1.54, 1.807) is 11.7 Å². The molecule has 1 N–H and O–H groups in total. The fourth-order valence-electron chi connectivity index (χ4n) is 1.30. The van der Waals surface area contributed by atoms with E-state index in [2.05, 4.69) is 5.10 Å². The van der Waals surface area contributed by atoms with E-state index in [1.165, 1.54) is 17.5 Å². The van der Waals surface area contributed by atoms with Gasteiger partial charge >= 0.3 is 5.97 Å². The quantitative estimate of drug-likeness (QED) is 0.819. The zero-order valence-electron chi connectivity index (χ0n) is 7.47. The third kappa shape index (κ3) is 1.31. The minimum Gasteiger partial charge on any atom is -0.478 e. The smallest absolute Gasteiger partial charge is 0.339 e. The van der Waals surface area contributed by atoms with Gasteiger partial charge in [-0.25, -0.2) is 4.79 Å². The Kier molecular flexibility index (Phi) is 2.09. The molecule has 2 heterocycles. The lowest BCUT2D eigenvalue weighted by Crippen LogP contribution is -1.99. The second-order valence-electron chi connectivity index (χ2n) is 2.81. The Bertz CT molecular complexity index is 459. The Morgan fingerprint density at radius 1 is 1.64 bits per heavy atom. The molecule has 0 amide bonds. The molecule has 5 heteroatoms. The van der Waals surface area contributed by atoms with Gasteiger partial charge in [0.05, 0.1) is 16.8 Å². The van der Waals surface area contributed by atoms with E-state index in [4.69, 9.17) is 5.11 Å². The Labute approximate surface area is 84.4 Å². The zero-order chi connectivity index (χ0) is 10.1. The van der Waals surface area contributed by atoms with Crippen LogP contribution >= 0.6 is 11.3 Å². The standard InChI is InChI=1S/C9H8N2O2S/c1-11-8(7-3-2-4-14-7)6(5-10-11)9(12)13/h2-5H,1H3,(H,12,13). The molecule has 0 atom stereocenters. The van der Waals surface area contributed by atoms with Crippen LogP contribution < -0.4 is 0 Å². The van der Waals surface area contributed by atoms with Crippen LogP contribution in [0.4, 0.5) is 0 Å². The van der Waals surface area contributed by atoms with Gasteiger partial charge in [0.1, 0.15) is 5.56 Å². The molecule has 2 aromatic heterocycles. The van der Waals surface area contributed by atoms with Gasteiger partial charge in [0, 0.05) is 7.05 Å². The largest absolute Gasteiger partial charge is 0.478 e. The lowest BCUT2D eigenvalue weighted by Gasteiger charge is -1.99. The van der Waals surface area contributed by atoms with E-state index in [0.717, 1.165) is 4.88 Å². The van der Waals surface area contributed by atoms with Gasteiger partial charge < -0.3 is 5.11 Å². The first-order valence-corrected chi connectivity index (χ1v) is 4.87. The molecule has 2 rings (SSSR count). The lowest BCUT2D eigenvalue weighted by atomic mass is 10.2. The van der Waals surface area contributed by atoms with Crippen LogP contribution in [0.15, 0.2) is 23.7 Å². The molecular formula is C9H8N2O2S. The highest BCUT2D eigenvalue weighted by molar-refractivity contribution is 7.13. The Balaban J connectivity index is 2.62. The first-order chi connectivity index (χ1) is 6.70. The van der Waals surface area contributed by atoms with Crippen LogP contribution in [0.5, 0.6) is 0 Å². The molecule has 72 valence electrons. The molecule has 0 aromatic carbocycles. The summed E-state index contributed by atoms with van der Waals surface area (Å²) < 4.78 is 1.58. The summed E-state index contributed by atoms with van der Waals surface area (Å²) in [5.41, 5.74) is 0.905. The number of hydrogen-bond donors (Lipinski definition) is 1. The van der Waals surface area contributed by atoms with Gasteiger partial charge in [0.25, 0.3) is 0 Å². The molecule has 0 aliphatic heterocycles. The van der Waals surface area contributed by atoms with Crippen LogP contribution in [0.25, 0.3) is 10.6 Å². The molecule has 0 saturated carbocycles. The van der Waals surface area contributed by atoms with Gasteiger partial charge in [0.15, 0.2) is 0 Å². The molecule has 0 saturated heterocycles. The number of aromatic carboxylic acids is 1. The van der Waals surface area contributed by atoms with E-state index in [1.807, 2.05) is 17.5 Å². The van der Waals surface area contributed by atoms with Gasteiger partial charge in [0.2, 0.25) is 0 Å². The summed E-state index contributed by atoms with van der Waals surface area (Å²) in [6.45, 7) is 0. The van der Waals surface area contributed by atoms with Crippen molar-refractivity contribution in [2.45, 2.75) is 0 Å². The summed E-state index contributed by atoms with van der Waals surface area (Å²) >= 11 is 1.50. The van der Waals surface area contributed by atoms with Crippen molar-refractivity contribution in [1.82, 2.24) is 9.78 Å². The molecule has 4 nitrogen and oxygen atoms in total. The van der Waals surface area contributed by atoms with Gasteiger partial charge in [-0.2, -0.15) is 5.10 Å². The molecule has 0 fully saturated rings. The normalized spacial score (nSPS) is 10.4. The van der Waals surface area contributed by atoms with Crippen LogP contribution in [0, 0.1) is 0 Å². The molecule has 0 aliphatic carbocycles. The van der Waals surface area contributed by atoms with Crippen molar-refractivity contribution in [2.24, 2.45) is 7.05 Å². The monoisotopic (exact) mass is 208 g/mol. The average molecular weight is 208 g/mol. The molecule has 0 spiro atoms. The SMILES string of the molecule is Cn1ncc(C(=O)O)c1-c1cccs1. The van der Waals surface area contributed by atoms with Gasteiger partial charge in [-0.3, -0.25) is 4.68 Å². The van der Waals surface area contributed by atoms with Gasteiger partial charge in [-0.15, -0.1) is 11.3 Å². The second kappa shape index (κ2) is 3.26. The summed E-state index contributed by atoms with van der Waals surface area (Å²) in [5.74, 6) is -0.943. The van der Waals surface area contributed by atoms with Crippen LogP contribution in [-0.4, -0.2) is 20.9 Å². The number of hydrogen-bond acceptors (Lipinski definition) is 3. The maximum absolute atomic E-state index is 10.9. The number of aryl methyl sites for hydroxylation is 1. The maximum atomic E-state index is 10.9. The second-order valence-corrected chi connectivity index (χ2v) is 3.76. The molecule has 2 aromatic rings. The van der Waals surface area contributed by atoms with E-state index in [9.17, 15) is 4.79 Å². The number of rotatable bonds is 2. The van der Waals surface area contributed by atoms with Gasteiger partial charge in [-0.1, -0.05) is 6.07 Å². The van der Waals surface area contributed by atoms with E-state index in [-0.39, 0.29) is 5.56 Å². The fraction of sp³-hybridized carbons (Fsp3) is 0.111. The summed E-state index contributed by atoms with van der Waals surface area (Å²) in [4.78, 5) is 11.8. The van der Waals surface area contributed by atoms with E-state index < -0.39 is 5.97 Å². The maximum Gasteiger partial charge on any atom is 0.339 e. The number of thiophene rings is 1.